The molecule has 2 amide bonds. The van der Waals surface area contributed by atoms with Crippen LogP contribution in [0.25, 0.3) is 0 Å². The van der Waals surface area contributed by atoms with Crippen molar-refractivity contribution in [3.8, 4) is 0 Å². The summed E-state index contributed by atoms with van der Waals surface area (Å²) in [5, 5.41) is 0. The van der Waals surface area contributed by atoms with E-state index in [-0.39, 0.29) is 29.7 Å². The molecule has 5 heteroatoms. The Morgan fingerprint density at radius 2 is 1.92 bits per heavy atom. The van der Waals surface area contributed by atoms with Crippen LogP contribution in [0.2, 0.25) is 0 Å². The highest BCUT2D eigenvalue weighted by Crippen LogP contribution is 2.39. The molecule has 1 aromatic carbocycles. The highest BCUT2D eigenvalue weighted by molar-refractivity contribution is 5.86. The van der Waals surface area contributed by atoms with Crippen molar-refractivity contribution >= 4 is 11.8 Å². The zero-order valence-corrected chi connectivity index (χ0v) is 15.4. The van der Waals surface area contributed by atoms with Gasteiger partial charge in [0.25, 0.3) is 0 Å². The highest BCUT2D eigenvalue weighted by atomic mass is 16.5. The molecule has 0 N–H and O–H groups in total. The number of benzene rings is 1. The Labute approximate surface area is 155 Å². The first-order valence-electron chi connectivity index (χ1n) is 9.83. The molecule has 1 unspecified atom stereocenters. The van der Waals surface area contributed by atoms with Gasteiger partial charge in [-0.3, -0.25) is 9.59 Å². The van der Waals surface area contributed by atoms with Crippen LogP contribution in [-0.4, -0.2) is 61.0 Å². The number of carbonyl (C=O) groups is 2. The van der Waals surface area contributed by atoms with Crippen LogP contribution >= 0.6 is 0 Å². The van der Waals surface area contributed by atoms with Crippen molar-refractivity contribution in [2.24, 2.45) is 5.41 Å². The monoisotopic (exact) mass is 356 g/mol. The van der Waals surface area contributed by atoms with Gasteiger partial charge >= 0.3 is 0 Å². The number of piperidine rings is 1. The lowest BCUT2D eigenvalue weighted by Crippen LogP contribution is -2.51. The average Bonchev–Trinajstić information content (AvgIpc) is 3.04. The van der Waals surface area contributed by atoms with Gasteiger partial charge in [-0.1, -0.05) is 30.3 Å². The van der Waals surface area contributed by atoms with Gasteiger partial charge in [-0.25, -0.2) is 0 Å². The summed E-state index contributed by atoms with van der Waals surface area (Å²) >= 11 is 0. The van der Waals surface area contributed by atoms with Crippen molar-refractivity contribution in [2.45, 2.75) is 38.0 Å². The Kier molecular flexibility index (Phi) is 4.98. The van der Waals surface area contributed by atoms with Crippen LogP contribution in [0.4, 0.5) is 0 Å². The summed E-state index contributed by atoms with van der Waals surface area (Å²) in [7, 11) is 0. The van der Waals surface area contributed by atoms with Gasteiger partial charge in [-0.15, -0.1) is 0 Å². The molecule has 0 radical (unpaired) electrons. The second-order valence-corrected chi connectivity index (χ2v) is 8.12. The first kappa shape index (κ1) is 17.5. The van der Waals surface area contributed by atoms with E-state index in [2.05, 4.69) is 12.1 Å². The summed E-state index contributed by atoms with van der Waals surface area (Å²) in [4.78, 5) is 29.0. The molecule has 3 fully saturated rings. The van der Waals surface area contributed by atoms with E-state index in [1.165, 1.54) is 12.0 Å². The first-order valence-corrected chi connectivity index (χ1v) is 9.83. The molecular formula is C21H28N2O3. The van der Waals surface area contributed by atoms with E-state index in [0.29, 0.717) is 13.0 Å². The fourth-order valence-corrected chi connectivity index (χ4v) is 4.77. The molecular weight excluding hydrogens is 328 g/mol. The van der Waals surface area contributed by atoms with Crippen molar-refractivity contribution < 1.29 is 14.3 Å². The number of hydrogen-bond acceptors (Lipinski definition) is 3. The first-order chi connectivity index (χ1) is 12.7. The molecule has 26 heavy (non-hydrogen) atoms. The second kappa shape index (κ2) is 7.39. The number of likely N-dealkylation sites (tertiary alicyclic amines) is 2. The standard InChI is InChI=1S/C21H28N2O3/c24-19-13-18(17-5-2-1-3-6-17)14-23(19)15-20(25)22-10-4-7-21(16-22)8-11-26-12-9-21/h1-3,5-6,18H,4,7-16H2. The number of amides is 2. The molecule has 3 aliphatic heterocycles. The maximum Gasteiger partial charge on any atom is 0.242 e. The van der Waals surface area contributed by atoms with Crippen LogP contribution in [-0.2, 0) is 14.3 Å². The van der Waals surface area contributed by atoms with Crippen LogP contribution in [0.1, 0.15) is 43.6 Å². The molecule has 0 bridgehead atoms. The minimum atomic E-state index is 0.102. The summed E-state index contributed by atoms with van der Waals surface area (Å²) < 4.78 is 5.51. The van der Waals surface area contributed by atoms with Crippen molar-refractivity contribution in [3.05, 3.63) is 35.9 Å². The molecule has 5 nitrogen and oxygen atoms in total. The predicted octanol–water partition coefficient (Wildman–Crippen LogP) is 2.42. The molecule has 1 atom stereocenters. The SMILES string of the molecule is O=C1CC(c2ccccc2)CN1CC(=O)N1CCCC2(CCOCC2)C1. The topological polar surface area (TPSA) is 49.9 Å². The van der Waals surface area contributed by atoms with Crippen LogP contribution in [0.5, 0.6) is 0 Å². The van der Waals surface area contributed by atoms with Gasteiger partial charge in [-0.05, 0) is 36.7 Å². The van der Waals surface area contributed by atoms with Gasteiger partial charge in [-0.2, -0.15) is 0 Å². The summed E-state index contributed by atoms with van der Waals surface area (Å²) in [6.45, 7) is 4.16. The fourth-order valence-electron chi connectivity index (χ4n) is 4.77. The fraction of sp³-hybridized carbons (Fsp3) is 0.619. The van der Waals surface area contributed by atoms with E-state index >= 15 is 0 Å². The summed E-state index contributed by atoms with van der Waals surface area (Å²) in [5.41, 5.74) is 1.43. The Morgan fingerprint density at radius 1 is 1.15 bits per heavy atom. The number of nitrogens with zero attached hydrogens (tertiary/aromatic N) is 2. The van der Waals surface area contributed by atoms with E-state index in [1.807, 2.05) is 23.1 Å². The van der Waals surface area contributed by atoms with E-state index in [9.17, 15) is 9.59 Å². The van der Waals surface area contributed by atoms with Gasteiger partial charge in [0.05, 0.1) is 6.54 Å². The lowest BCUT2D eigenvalue weighted by molar-refractivity contribution is -0.142. The number of ether oxygens (including phenoxy) is 1. The molecule has 1 spiro atoms. The molecule has 0 saturated carbocycles. The minimum absolute atomic E-state index is 0.102. The summed E-state index contributed by atoms with van der Waals surface area (Å²) in [5.74, 6) is 0.419. The molecule has 3 saturated heterocycles. The van der Waals surface area contributed by atoms with E-state index < -0.39 is 0 Å². The van der Waals surface area contributed by atoms with E-state index in [1.54, 1.807) is 4.90 Å². The highest BCUT2D eigenvalue weighted by Gasteiger charge is 2.39. The van der Waals surface area contributed by atoms with Crippen LogP contribution in [0.3, 0.4) is 0 Å². The Bertz CT molecular complexity index is 649. The summed E-state index contributed by atoms with van der Waals surface area (Å²) in [6, 6.07) is 10.2. The lowest BCUT2D eigenvalue weighted by atomic mass is 9.74. The van der Waals surface area contributed by atoms with E-state index in [0.717, 1.165) is 45.6 Å². The number of rotatable bonds is 3. The Balaban J connectivity index is 1.36. The predicted molar refractivity (Wildman–Crippen MR) is 98.7 cm³/mol. The molecule has 3 heterocycles. The normalized spacial score (nSPS) is 25.7. The zero-order chi connectivity index (χ0) is 18.0. The minimum Gasteiger partial charge on any atom is -0.381 e. The molecule has 4 rings (SSSR count). The van der Waals surface area contributed by atoms with Crippen LogP contribution in [0, 0.1) is 5.41 Å². The van der Waals surface area contributed by atoms with Gasteiger partial charge in [0, 0.05) is 45.2 Å². The van der Waals surface area contributed by atoms with Gasteiger partial charge < -0.3 is 14.5 Å². The maximum atomic E-state index is 12.9. The Morgan fingerprint density at radius 3 is 2.69 bits per heavy atom. The third-order valence-corrected chi connectivity index (χ3v) is 6.38. The third kappa shape index (κ3) is 3.63. The van der Waals surface area contributed by atoms with Crippen molar-refractivity contribution in [1.29, 1.82) is 0 Å². The molecule has 1 aromatic rings. The largest absolute Gasteiger partial charge is 0.381 e. The zero-order valence-electron chi connectivity index (χ0n) is 15.4. The van der Waals surface area contributed by atoms with Crippen molar-refractivity contribution in [3.63, 3.8) is 0 Å². The number of hydrogen-bond donors (Lipinski definition) is 0. The summed E-state index contributed by atoms with van der Waals surface area (Å²) in [6.07, 6.45) is 4.87. The third-order valence-electron chi connectivity index (χ3n) is 6.38. The lowest BCUT2D eigenvalue weighted by Gasteiger charge is -2.45. The quantitative estimate of drug-likeness (QED) is 0.836. The van der Waals surface area contributed by atoms with Gasteiger partial charge in [0.15, 0.2) is 0 Å². The van der Waals surface area contributed by atoms with Crippen molar-refractivity contribution in [1.82, 2.24) is 9.80 Å². The van der Waals surface area contributed by atoms with E-state index in [4.69, 9.17) is 4.74 Å². The second-order valence-electron chi connectivity index (χ2n) is 8.12. The van der Waals surface area contributed by atoms with Gasteiger partial charge in [0.2, 0.25) is 11.8 Å². The van der Waals surface area contributed by atoms with Crippen LogP contribution < -0.4 is 0 Å². The number of carbonyl (C=O) groups excluding carboxylic acids is 2. The van der Waals surface area contributed by atoms with Crippen molar-refractivity contribution in [2.75, 3.05) is 39.4 Å². The molecule has 3 aliphatic rings. The Hall–Kier alpha value is -1.88. The maximum absolute atomic E-state index is 12.9. The smallest absolute Gasteiger partial charge is 0.242 e. The molecule has 140 valence electrons. The molecule has 0 aromatic heterocycles. The average molecular weight is 356 g/mol. The molecule has 0 aliphatic carbocycles. The van der Waals surface area contributed by atoms with Crippen LogP contribution in [0.15, 0.2) is 30.3 Å². The van der Waals surface area contributed by atoms with Gasteiger partial charge in [0.1, 0.15) is 0 Å².